The average molecular weight is 281 g/mol. The molecule has 0 bridgehead atoms. The van der Waals surface area contributed by atoms with Crippen LogP contribution in [0.5, 0.6) is 5.75 Å². The van der Waals surface area contributed by atoms with Crippen molar-refractivity contribution in [1.29, 1.82) is 0 Å². The monoisotopic (exact) mass is 281 g/mol. The standard InChI is InChI=1S/C15H23NO4/c1-3-16(8-10-19-2)9-11-20-14-6-4-13(5-7-14)12-15(17)18/h4-7H,3,8-12H2,1-2H3,(H,17,18). The minimum Gasteiger partial charge on any atom is -0.492 e. The van der Waals surface area contributed by atoms with Crippen molar-refractivity contribution < 1.29 is 19.4 Å². The van der Waals surface area contributed by atoms with Gasteiger partial charge in [-0.15, -0.1) is 0 Å². The van der Waals surface area contributed by atoms with Gasteiger partial charge in [0.1, 0.15) is 12.4 Å². The highest BCUT2D eigenvalue weighted by Crippen LogP contribution is 2.12. The van der Waals surface area contributed by atoms with Gasteiger partial charge in [0.15, 0.2) is 0 Å². The van der Waals surface area contributed by atoms with Crippen molar-refractivity contribution in [2.45, 2.75) is 13.3 Å². The second kappa shape index (κ2) is 9.34. The van der Waals surface area contributed by atoms with Gasteiger partial charge < -0.3 is 14.6 Å². The number of methoxy groups -OCH3 is 1. The number of aliphatic carboxylic acids is 1. The number of carboxylic acids is 1. The van der Waals surface area contributed by atoms with Gasteiger partial charge in [-0.3, -0.25) is 9.69 Å². The van der Waals surface area contributed by atoms with Gasteiger partial charge in [-0.05, 0) is 24.2 Å². The van der Waals surface area contributed by atoms with Gasteiger partial charge in [0.05, 0.1) is 13.0 Å². The number of nitrogens with zero attached hydrogens (tertiary/aromatic N) is 1. The van der Waals surface area contributed by atoms with E-state index in [2.05, 4.69) is 11.8 Å². The van der Waals surface area contributed by atoms with Crippen molar-refractivity contribution in [3.8, 4) is 5.75 Å². The molecule has 0 aliphatic rings. The molecule has 0 radical (unpaired) electrons. The van der Waals surface area contributed by atoms with Crippen LogP contribution in [0.4, 0.5) is 0 Å². The molecule has 0 atom stereocenters. The molecular formula is C15H23NO4. The molecule has 20 heavy (non-hydrogen) atoms. The van der Waals surface area contributed by atoms with E-state index in [1.165, 1.54) is 0 Å². The average Bonchev–Trinajstić information content (AvgIpc) is 2.44. The zero-order chi connectivity index (χ0) is 14.8. The Balaban J connectivity index is 2.32. The van der Waals surface area contributed by atoms with E-state index in [-0.39, 0.29) is 6.42 Å². The van der Waals surface area contributed by atoms with Crippen molar-refractivity contribution in [1.82, 2.24) is 4.90 Å². The molecule has 0 aliphatic heterocycles. The van der Waals surface area contributed by atoms with Gasteiger partial charge in [0.2, 0.25) is 0 Å². The molecule has 0 unspecified atom stereocenters. The van der Waals surface area contributed by atoms with Gasteiger partial charge in [-0.1, -0.05) is 19.1 Å². The van der Waals surface area contributed by atoms with Crippen LogP contribution in [0.3, 0.4) is 0 Å². The van der Waals surface area contributed by atoms with Crippen molar-refractivity contribution in [3.05, 3.63) is 29.8 Å². The molecule has 0 heterocycles. The number of carboxylic acid groups (broad SMARTS) is 1. The molecule has 1 aromatic rings. The summed E-state index contributed by atoms with van der Waals surface area (Å²) in [6, 6.07) is 7.19. The second-order valence-electron chi connectivity index (χ2n) is 4.49. The third kappa shape index (κ3) is 6.54. The van der Waals surface area contributed by atoms with Crippen molar-refractivity contribution in [2.75, 3.05) is 40.0 Å². The number of likely N-dealkylation sites (N-methyl/N-ethyl adjacent to an activating group) is 1. The number of rotatable bonds is 10. The molecule has 0 aromatic heterocycles. The van der Waals surface area contributed by atoms with Crippen LogP contribution in [0, 0.1) is 0 Å². The minimum atomic E-state index is -0.824. The lowest BCUT2D eigenvalue weighted by Crippen LogP contribution is -2.31. The molecule has 0 saturated carbocycles. The first-order valence-corrected chi connectivity index (χ1v) is 6.80. The smallest absolute Gasteiger partial charge is 0.307 e. The first-order chi connectivity index (χ1) is 9.65. The summed E-state index contributed by atoms with van der Waals surface area (Å²) < 4.78 is 10.7. The third-order valence-electron chi connectivity index (χ3n) is 3.01. The highest BCUT2D eigenvalue weighted by molar-refractivity contribution is 5.70. The van der Waals surface area contributed by atoms with Gasteiger partial charge in [0, 0.05) is 20.2 Å². The summed E-state index contributed by atoms with van der Waals surface area (Å²) in [6.45, 7) is 6.14. The van der Waals surface area contributed by atoms with Crippen LogP contribution in [0.25, 0.3) is 0 Å². The van der Waals surface area contributed by atoms with Crippen LogP contribution in [0.15, 0.2) is 24.3 Å². The van der Waals surface area contributed by atoms with E-state index in [0.29, 0.717) is 6.61 Å². The van der Waals surface area contributed by atoms with Crippen molar-refractivity contribution in [3.63, 3.8) is 0 Å². The molecule has 0 amide bonds. The van der Waals surface area contributed by atoms with Gasteiger partial charge in [-0.2, -0.15) is 0 Å². The molecule has 0 fully saturated rings. The first kappa shape index (κ1) is 16.5. The summed E-state index contributed by atoms with van der Waals surface area (Å²) in [5, 5.41) is 8.69. The van der Waals surface area contributed by atoms with E-state index in [9.17, 15) is 4.79 Å². The normalized spacial score (nSPS) is 10.8. The molecule has 0 aliphatic carbocycles. The Morgan fingerprint density at radius 2 is 1.85 bits per heavy atom. The van der Waals surface area contributed by atoms with Crippen LogP contribution in [0.2, 0.25) is 0 Å². The van der Waals surface area contributed by atoms with Crippen molar-refractivity contribution in [2.24, 2.45) is 0 Å². The molecular weight excluding hydrogens is 258 g/mol. The fraction of sp³-hybridized carbons (Fsp3) is 0.533. The topological polar surface area (TPSA) is 59.0 Å². The molecule has 1 aromatic carbocycles. The molecule has 112 valence electrons. The summed E-state index contributed by atoms with van der Waals surface area (Å²) in [4.78, 5) is 12.8. The van der Waals surface area contributed by atoms with Crippen LogP contribution >= 0.6 is 0 Å². The SMILES string of the molecule is CCN(CCOC)CCOc1ccc(CC(=O)O)cc1. The fourth-order valence-electron chi connectivity index (χ4n) is 1.82. The quantitative estimate of drug-likeness (QED) is 0.707. The molecule has 5 heteroatoms. The second-order valence-corrected chi connectivity index (χ2v) is 4.49. The Morgan fingerprint density at radius 3 is 2.40 bits per heavy atom. The molecule has 1 N–H and O–H groups in total. The van der Waals surface area contributed by atoms with E-state index in [1.54, 1.807) is 19.2 Å². The van der Waals surface area contributed by atoms with Gasteiger partial charge in [0.25, 0.3) is 0 Å². The highest BCUT2D eigenvalue weighted by Gasteiger charge is 2.03. The van der Waals surface area contributed by atoms with E-state index in [0.717, 1.165) is 37.6 Å². The van der Waals surface area contributed by atoms with E-state index < -0.39 is 5.97 Å². The summed E-state index contributed by atoms with van der Waals surface area (Å²) in [5.41, 5.74) is 0.778. The lowest BCUT2D eigenvalue weighted by atomic mass is 10.1. The number of hydrogen-bond donors (Lipinski definition) is 1. The molecule has 0 spiro atoms. The van der Waals surface area contributed by atoms with Gasteiger partial charge >= 0.3 is 5.97 Å². The molecule has 5 nitrogen and oxygen atoms in total. The van der Waals surface area contributed by atoms with Gasteiger partial charge in [-0.25, -0.2) is 0 Å². The van der Waals surface area contributed by atoms with Crippen LogP contribution in [-0.2, 0) is 16.0 Å². The number of benzene rings is 1. The Kier molecular flexibility index (Phi) is 7.69. The summed E-state index contributed by atoms with van der Waals surface area (Å²) in [5.74, 6) is -0.0580. The van der Waals surface area contributed by atoms with E-state index in [1.807, 2.05) is 12.1 Å². The summed E-state index contributed by atoms with van der Waals surface area (Å²) in [6.07, 6.45) is 0.0426. The number of hydrogen-bond acceptors (Lipinski definition) is 4. The summed E-state index contributed by atoms with van der Waals surface area (Å²) >= 11 is 0. The number of carbonyl (C=O) groups is 1. The molecule has 0 saturated heterocycles. The van der Waals surface area contributed by atoms with Crippen LogP contribution in [0.1, 0.15) is 12.5 Å². The molecule has 1 rings (SSSR count). The maximum absolute atomic E-state index is 10.6. The Bertz CT molecular complexity index is 391. The lowest BCUT2D eigenvalue weighted by molar-refractivity contribution is -0.136. The predicted molar refractivity (Wildman–Crippen MR) is 77.3 cm³/mol. The summed E-state index contributed by atoms with van der Waals surface area (Å²) in [7, 11) is 1.70. The zero-order valence-corrected chi connectivity index (χ0v) is 12.2. The van der Waals surface area contributed by atoms with E-state index >= 15 is 0 Å². The lowest BCUT2D eigenvalue weighted by Gasteiger charge is -2.19. The maximum atomic E-state index is 10.6. The predicted octanol–water partition coefficient (Wildman–Crippen LogP) is 1.66. The Morgan fingerprint density at radius 1 is 1.20 bits per heavy atom. The Hall–Kier alpha value is -1.59. The Labute approximate surface area is 120 Å². The highest BCUT2D eigenvalue weighted by atomic mass is 16.5. The zero-order valence-electron chi connectivity index (χ0n) is 12.2. The van der Waals surface area contributed by atoms with E-state index in [4.69, 9.17) is 14.6 Å². The first-order valence-electron chi connectivity index (χ1n) is 6.80. The third-order valence-corrected chi connectivity index (χ3v) is 3.01. The number of ether oxygens (including phenoxy) is 2. The maximum Gasteiger partial charge on any atom is 0.307 e. The largest absolute Gasteiger partial charge is 0.492 e. The minimum absolute atomic E-state index is 0.0426. The van der Waals surface area contributed by atoms with Crippen molar-refractivity contribution >= 4 is 5.97 Å². The fourth-order valence-corrected chi connectivity index (χ4v) is 1.82. The van der Waals surface area contributed by atoms with Crippen LogP contribution in [-0.4, -0.2) is 55.9 Å². The van der Waals surface area contributed by atoms with Crippen LogP contribution < -0.4 is 4.74 Å².